The summed E-state index contributed by atoms with van der Waals surface area (Å²) in [7, 11) is 0. The van der Waals surface area contributed by atoms with Gasteiger partial charge in [-0.2, -0.15) is 0 Å². The van der Waals surface area contributed by atoms with Crippen LogP contribution in [0, 0.1) is 5.82 Å². The molecule has 2 unspecified atom stereocenters. The Morgan fingerprint density at radius 3 is 2.47 bits per heavy atom. The van der Waals surface area contributed by atoms with Gasteiger partial charge in [0.1, 0.15) is 11.6 Å². The average Bonchev–Trinajstić information content (AvgIpc) is 3.33. The third-order valence-corrected chi connectivity index (χ3v) is 8.09. The molecule has 0 bridgehead atoms. The Hall–Kier alpha value is -1.27. The van der Waals surface area contributed by atoms with Crippen molar-refractivity contribution in [1.29, 1.82) is 0 Å². The maximum Gasteiger partial charge on any atom is 0.159 e. The molecule has 1 fully saturated rings. The van der Waals surface area contributed by atoms with Gasteiger partial charge in [0.2, 0.25) is 0 Å². The molecular weight excluding hydrogens is 445 g/mol. The van der Waals surface area contributed by atoms with Crippen LogP contribution in [-0.2, 0) is 6.42 Å². The highest BCUT2D eigenvalue weighted by molar-refractivity contribution is 8.00. The van der Waals surface area contributed by atoms with E-state index in [4.69, 9.17) is 4.74 Å². The first kappa shape index (κ1) is 25.4. The van der Waals surface area contributed by atoms with Gasteiger partial charge in [-0.3, -0.25) is 4.90 Å². The highest BCUT2D eigenvalue weighted by Gasteiger charge is 2.40. The number of benzene rings is 2. The first-order chi connectivity index (χ1) is 15.1. The van der Waals surface area contributed by atoms with Crippen LogP contribution in [0.1, 0.15) is 76.0 Å². The largest absolute Gasteiger partial charge is 0.475 e. The van der Waals surface area contributed by atoms with E-state index in [0.29, 0.717) is 6.04 Å². The molecule has 2 aliphatic rings. The quantitative estimate of drug-likeness (QED) is 0.415. The lowest BCUT2D eigenvalue weighted by molar-refractivity contribution is 0.0596. The molecule has 0 amide bonds. The molecule has 0 aromatic heterocycles. The van der Waals surface area contributed by atoms with Gasteiger partial charge in [-0.05, 0) is 73.9 Å². The number of aryl methyl sites for hydroxylation is 1. The SMILES string of the molecule is CCCC1(CCC)Oc2ccc(C3CCC(CCc4ccc(F)cc4)N3CO)cc2S1.Cl. The third-order valence-electron chi connectivity index (χ3n) is 6.69. The van der Waals surface area contributed by atoms with E-state index in [1.54, 1.807) is 0 Å². The number of halogens is 2. The number of likely N-dealkylation sites (tertiary alicyclic amines) is 1. The molecule has 3 nitrogen and oxygen atoms in total. The molecule has 2 aromatic carbocycles. The molecule has 0 saturated carbocycles. The molecule has 0 spiro atoms. The maximum atomic E-state index is 13.2. The minimum atomic E-state index is -0.193. The first-order valence-electron chi connectivity index (χ1n) is 11.7. The van der Waals surface area contributed by atoms with Crippen molar-refractivity contribution in [2.24, 2.45) is 0 Å². The van der Waals surface area contributed by atoms with Crippen LogP contribution in [0.15, 0.2) is 47.4 Å². The van der Waals surface area contributed by atoms with Crippen molar-refractivity contribution >= 4 is 24.2 Å². The van der Waals surface area contributed by atoms with Gasteiger partial charge >= 0.3 is 0 Å². The van der Waals surface area contributed by atoms with Crippen molar-refractivity contribution < 1.29 is 14.2 Å². The molecule has 1 saturated heterocycles. The van der Waals surface area contributed by atoms with E-state index in [9.17, 15) is 9.50 Å². The number of thioether (sulfide) groups is 1. The number of nitrogens with zero attached hydrogens (tertiary/aromatic N) is 1. The van der Waals surface area contributed by atoms with Gasteiger partial charge in [0, 0.05) is 12.1 Å². The zero-order chi connectivity index (χ0) is 21.8. The Morgan fingerprint density at radius 1 is 1.09 bits per heavy atom. The average molecular weight is 480 g/mol. The molecule has 2 heterocycles. The maximum absolute atomic E-state index is 13.2. The van der Waals surface area contributed by atoms with Crippen molar-refractivity contribution in [3.63, 3.8) is 0 Å². The van der Waals surface area contributed by atoms with Gasteiger partial charge in [0.05, 0.1) is 11.6 Å². The highest BCUT2D eigenvalue weighted by atomic mass is 35.5. The lowest BCUT2D eigenvalue weighted by Gasteiger charge is -2.28. The second kappa shape index (κ2) is 11.2. The van der Waals surface area contributed by atoms with Crippen LogP contribution in [0.4, 0.5) is 4.39 Å². The predicted octanol–water partition coefficient (Wildman–Crippen LogP) is 7.12. The molecule has 2 atom stereocenters. The van der Waals surface area contributed by atoms with E-state index >= 15 is 0 Å². The minimum absolute atomic E-state index is 0. The Bertz CT molecular complexity index is 873. The summed E-state index contributed by atoms with van der Waals surface area (Å²) in [5, 5.41) is 10.2. The zero-order valence-corrected chi connectivity index (χ0v) is 20.7. The molecular formula is C26H35ClFNO2S. The predicted molar refractivity (Wildman–Crippen MR) is 132 cm³/mol. The van der Waals surface area contributed by atoms with Gasteiger partial charge in [0.25, 0.3) is 0 Å². The summed E-state index contributed by atoms with van der Waals surface area (Å²) in [6, 6.07) is 14.0. The number of aliphatic hydroxyl groups excluding tert-OH is 1. The number of hydrogen-bond acceptors (Lipinski definition) is 4. The molecule has 4 rings (SSSR count). The van der Waals surface area contributed by atoms with E-state index in [1.807, 2.05) is 23.9 Å². The fourth-order valence-electron chi connectivity index (χ4n) is 5.21. The van der Waals surface area contributed by atoms with E-state index in [-0.39, 0.29) is 35.9 Å². The van der Waals surface area contributed by atoms with Crippen LogP contribution in [0.3, 0.4) is 0 Å². The topological polar surface area (TPSA) is 32.7 Å². The lowest BCUT2D eigenvalue weighted by atomic mass is 10.0. The van der Waals surface area contributed by atoms with Crippen LogP contribution < -0.4 is 4.74 Å². The molecule has 0 aliphatic carbocycles. The van der Waals surface area contributed by atoms with Gasteiger partial charge in [0.15, 0.2) is 4.93 Å². The monoisotopic (exact) mass is 479 g/mol. The zero-order valence-electron chi connectivity index (χ0n) is 19.1. The molecule has 32 heavy (non-hydrogen) atoms. The summed E-state index contributed by atoms with van der Waals surface area (Å²) >= 11 is 1.89. The summed E-state index contributed by atoms with van der Waals surface area (Å²) in [5.74, 6) is 0.819. The number of rotatable bonds is 9. The number of aliphatic hydroxyl groups is 1. The van der Waals surface area contributed by atoms with Crippen molar-refractivity contribution in [2.45, 2.75) is 87.1 Å². The highest BCUT2D eigenvalue weighted by Crippen LogP contribution is 2.53. The Morgan fingerprint density at radius 2 is 1.81 bits per heavy atom. The van der Waals surface area contributed by atoms with E-state index < -0.39 is 0 Å². The Kier molecular flexibility index (Phi) is 8.90. The Labute approximate surface area is 202 Å². The Balaban J connectivity index is 0.00000289. The summed E-state index contributed by atoms with van der Waals surface area (Å²) in [6.07, 6.45) is 8.35. The first-order valence-corrected chi connectivity index (χ1v) is 12.5. The second-order valence-electron chi connectivity index (χ2n) is 8.89. The van der Waals surface area contributed by atoms with Crippen LogP contribution in [-0.4, -0.2) is 27.7 Å². The van der Waals surface area contributed by atoms with Crippen molar-refractivity contribution in [3.05, 3.63) is 59.4 Å². The second-order valence-corrected chi connectivity index (χ2v) is 10.3. The molecule has 6 heteroatoms. The number of fused-ring (bicyclic) bond motifs is 1. The van der Waals surface area contributed by atoms with Gasteiger partial charge in [-0.15, -0.1) is 12.4 Å². The smallest absolute Gasteiger partial charge is 0.159 e. The summed E-state index contributed by atoms with van der Waals surface area (Å²) in [6.45, 7) is 4.51. The standard InChI is InChI=1S/C26H34FNO2S.ClH/c1-3-15-26(16-4-2)30-24-14-8-20(17-25(24)31-26)23-13-12-22(28(23)18-29)11-7-19-5-9-21(27)10-6-19;/h5-6,8-10,14,17,22-23,29H,3-4,7,11-13,15-16,18H2,1-2H3;1H. The molecule has 176 valence electrons. The third kappa shape index (κ3) is 5.44. The van der Waals surface area contributed by atoms with Crippen molar-refractivity contribution in [3.8, 4) is 5.75 Å². The van der Waals surface area contributed by atoms with Crippen molar-refractivity contribution in [2.75, 3.05) is 6.73 Å². The summed E-state index contributed by atoms with van der Waals surface area (Å²) < 4.78 is 19.6. The van der Waals surface area contributed by atoms with Crippen LogP contribution >= 0.6 is 24.2 Å². The minimum Gasteiger partial charge on any atom is -0.475 e. The number of hydrogen-bond donors (Lipinski definition) is 1. The summed E-state index contributed by atoms with van der Waals surface area (Å²) in [5.41, 5.74) is 2.42. The van der Waals surface area contributed by atoms with E-state index in [1.165, 1.54) is 22.6 Å². The fourth-order valence-corrected chi connectivity index (χ4v) is 6.76. The number of ether oxygens (including phenoxy) is 1. The van der Waals surface area contributed by atoms with Crippen LogP contribution in [0.2, 0.25) is 0 Å². The van der Waals surface area contributed by atoms with Gasteiger partial charge < -0.3 is 9.84 Å². The van der Waals surface area contributed by atoms with Gasteiger partial charge in [-0.1, -0.05) is 56.7 Å². The lowest BCUT2D eigenvalue weighted by Crippen LogP contribution is -2.32. The summed E-state index contributed by atoms with van der Waals surface area (Å²) in [4.78, 5) is 3.36. The molecule has 1 N–H and O–H groups in total. The van der Waals surface area contributed by atoms with Crippen LogP contribution in [0.25, 0.3) is 0 Å². The van der Waals surface area contributed by atoms with Crippen LogP contribution in [0.5, 0.6) is 5.75 Å². The van der Waals surface area contributed by atoms with Crippen molar-refractivity contribution in [1.82, 2.24) is 4.90 Å². The van der Waals surface area contributed by atoms with E-state index in [2.05, 4.69) is 36.9 Å². The molecule has 2 aliphatic heterocycles. The molecule has 0 radical (unpaired) electrons. The van der Waals surface area contributed by atoms with Gasteiger partial charge in [-0.25, -0.2) is 4.39 Å². The molecule has 2 aromatic rings. The van der Waals surface area contributed by atoms with E-state index in [0.717, 1.165) is 62.7 Å². The fraction of sp³-hybridized carbons (Fsp3) is 0.538. The normalized spacial score (nSPS) is 21.8.